The zero-order valence-electron chi connectivity index (χ0n) is 23.9. The van der Waals surface area contributed by atoms with E-state index in [2.05, 4.69) is 10.3 Å². The minimum Gasteiger partial charge on any atom is -0.481 e. The van der Waals surface area contributed by atoms with Crippen LogP contribution in [0.1, 0.15) is 60.3 Å². The Bertz CT molecular complexity index is 1580. The van der Waals surface area contributed by atoms with E-state index in [-0.39, 0.29) is 42.7 Å². The highest BCUT2D eigenvalue weighted by Crippen LogP contribution is 2.39. The summed E-state index contributed by atoms with van der Waals surface area (Å²) in [6, 6.07) is 23.4. The number of ether oxygens (including phenoxy) is 2. The minimum absolute atomic E-state index is 0.0330. The van der Waals surface area contributed by atoms with E-state index in [1.165, 1.54) is 0 Å². The zero-order chi connectivity index (χ0) is 31.1. The fourth-order valence-electron chi connectivity index (χ4n) is 5.18. The molecule has 1 aliphatic heterocycles. The van der Waals surface area contributed by atoms with Gasteiger partial charge in [-0.2, -0.15) is 0 Å². The third-order valence-electron chi connectivity index (χ3n) is 7.53. The topological polar surface area (TPSA) is 123 Å². The number of aliphatic hydroxyl groups excluding tert-OH is 1. The van der Waals surface area contributed by atoms with Crippen molar-refractivity contribution in [3.8, 4) is 11.1 Å². The smallest absolute Gasteiger partial charge is 0.303 e. The fraction of sp³-hybridized carbons (Fsp3) is 0.303. The van der Waals surface area contributed by atoms with Crippen molar-refractivity contribution in [2.24, 2.45) is 0 Å². The number of imidazole rings is 1. The lowest BCUT2D eigenvalue weighted by Gasteiger charge is -2.36. The molecule has 1 saturated heterocycles. The lowest BCUT2D eigenvalue weighted by Crippen LogP contribution is -2.32. The summed E-state index contributed by atoms with van der Waals surface area (Å²) in [4.78, 5) is 27.0. The summed E-state index contributed by atoms with van der Waals surface area (Å²) in [5.41, 5.74) is 5.52. The number of carboxylic acid groups (broad SMARTS) is 1. The van der Waals surface area contributed by atoms with Gasteiger partial charge in [0.05, 0.1) is 31.7 Å². The highest BCUT2D eigenvalue weighted by molar-refractivity contribution is 6.40. The van der Waals surface area contributed by atoms with Gasteiger partial charge < -0.3 is 29.6 Å². The molecule has 230 valence electrons. The molecule has 9 nitrogen and oxygen atoms in total. The molecule has 0 aliphatic carbocycles. The van der Waals surface area contributed by atoms with E-state index >= 15 is 0 Å². The molecule has 0 spiro atoms. The molecule has 5 rings (SSSR count). The Labute approximate surface area is 265 Å². The Hall–Kier alpha value is -3.73. The number of carbonyl (C=O) groups excluding carboxylic acids is 1. The number of hydrogen-bond donors (Lipinski definition) is 3. The highest BCUT2D eigenvalue weighted by Gasteiger charge is 2.33. The van der Waals surface area contributed by atoms with Gasteiger partial charge in [0.2, 0.25) is 5.91 Å². The highest BCUT2D eigenvalue weighted by atomic mass is 35.5. The van der Waals surface area contributed by atoms with Crippen molar-refractivity contribution < 1.29 is 29.3 Å². The minimum atomic E-state index is -0.911. The van der Waals surface area contributed by atoms with Crippen LogP contribution in [0.4, 0.5) is 0 Å². The second kappa shape index (κ2) is 14.8. The molecule has 0 bridgehead atoms. The van der Waals surface area contributed by atoms with Gasteiger partial charge in [-0.25, -0.2) is 4.98 Å². The average molecular weight is 639 g/mol. The molecule has 0 saturated carbocycles. The quantitative estimate of drug-likeness (QED) is 0.163. The summed E-state index contributed by atoms with van der Waals surface area (Å²) in [5.74, 6) is -1.09. The monoisotopic (exact) mass is 637 g/mol. The molecule has 3 atom stereocenters. The second-order valence-electron chi connectivity index (χ2n) is 10.6. The summed E-state index contributed by atoms with van der Waals surface area (Å²) in [5, 5.41) is 21.7. The first-order valence-corrected chi connectivity index (χ1v) is 15.1. The first-order valence-electron chi connectivity index (χ1n) is 14.3. The number of nitrogens with one attached hydrogen (secondary N) is 1. The average Bonchev–Trinajstić information content (AvgIpc) is 3.36. The molecule has 11 heteroatoms. The fourth-order valence-corrected chi connectivity index (χ4v) is 5.49. The van der Waals surface area contributed by atoms with Crippen molar-refractivity contribution in [3.63, 3.8) is 0 Å². The number of carbonyl (C=O) groups is 2. The summed E-state index contributed by atoms with van der Waals surface area (Å²) in [6.07, 6.45) is 1.44. The largest absolute Gasteiger partial charge is 0.481 e. The van der Waals surface area contributed by atoms with Crippen molar-refractivity contribution in [1.29, 1.82) is 0 Å². The SMILES string of the molecule is O=C(O)CCCC(=O)NCc1ccccc1-c1ccc(C2OC(Cn3cnc(Cl)c3Cl)CC(c3ccc(CO)cc3)O2)cc1. The second-order valence-corrected chi connectivity index (χ2v) is 11.3. The van der Waals surface area contributed by atoms with Crippen LogP contribution in [0, 0.1) is 0 Å². The van der Waals surface area contributed by atoms with E-state index in [1.807, 2.05) is 72.8 Å². The molecule has 3 N–H and O–H groups in total. The van der Waals surface area contributed by atoms with Crippen LogP contribution in [-0.2, 0) is 38.8 Å². The van der Waals surface area contributed by atoms with E-state index in [4.69, 9.17) is 37.8 Å². The van der Waals surface area contributed by atoms with Gasteiger partial charge in [0.25, 0.3) is 0 Å². The number of benzene rings is 3. The molecule has 1 amide bonds. The number of aliphatic carboxylic acids is 1. The van der Waals surface area contributed by atoms with Gasteiger partial charge in [0, 0.05) is 31.4 Å². The van der Waals surface area contributed by atoms with Crippen LogP contribution in [0.3, 0.4) is 0 Å². The summed E-state index contributed by atoms with van der Waals surface area (Å²) in [7, 11) is 0. The first-order chi connectivity index (χ1) is 21.3. The Morgan fingerprint density at radius 2 is 1.68 bits per heavy atom. The molecule has 44 heavy (non-hydrogen) atoms. The normalized spacial score (nSPS) is 18.2. The number of halogens is 2. The number of aliphatic hydroxyl groups is 1. The Kier molecular flexibility index (Phi) is 10.7. The van der Waals surface area contributed by atoms with E-state index in [0.29, 0.717) is 31.1 Å². The van der Waals surface area contributed by atoms with Crippen molar-refractivity contribution in [3.05, 3.63) is 112 Å². The van der Waals surface area contributed by atoms with Crippen molar-refractivity contribution in [2.45, 2.75) is 63.9 Å². The van der Waals surface area contributed by atoms with Gasteiger partial charge >= 0.3 is 5.97 Å². The number of carboxylic acids is 1. The number of hydrogen-bond acceptors (Lipinski definition) is 6. The molecule has 1 aromatic heterocycles. The lowest BCUT2D eigenvalue weighted by molar-refractivity contribution is -0.252. The van der Waals surface area contributed by atoms with E-state index in [1.54, 1.807) is 10.9 Å². The van der Waals surface area contributed by atoms with Gasteiger partial charge in [-0.1, -0.05) is 96.0 Å². The van der Waals surface area contributed by atoms with Crippen LogP contribution < -0.4 is 5.32 Å². The molecule has 4 aromatic rings. The van der Waals surface area contributed by atoms with Crippen molar-refractivity contribution in [1.82, 2.24) is 14.9 Å². The molecule has 1 aliphatic rings. The summed E-state index contributed by atoms with van der Waals surface area (Å²) in [6.45, 7) is 0.740. The lowest BCUT2D eigenvalue weighted by atomic mass is 9.97. The summed E-state index contributed by atoms with van der Waals surface area (Å²) < 4.78 is 14.6. The standard InChI is InChI=1S/C33H33Cl2N3O6/c34-31-32(35)38(20-37-31)18-26-16-28(23-10-8-21(19-39)9-11-23)44-33(43-26)24-14-12-22(13-15-24)27-5-2-1-4-25(27)17-36-29(40)6-3-7-30(41)42/h1-2,4-5,8-15,20,26,28,33,39H,3,6-7,16-19H2,(H,36,40)(H,41,42). The molecular formula is C33H33Cl2N3O6. The molecule has 1 fully saturated rings. The molecular weight excluding hydrogens is 605 g/mol. The van der Waals surface area contributed by atoms with E-state index in [9.17, 15) is 14.7 Å². The maximum atomic E-state index is 12.2. The van der Waals surface area contributed by atoms with E-state index < -0.39 is 12.3 Å². The molecule has 3 unspecified atom stereocenters. The first kappa shape index (κ1) is 31.7. The van der Waals surface area contributed by atoms with Crippen LogP contribution in [0.5, 0.6) is 0 Å². The Morgan fingerprint density at radius 3 is 2.36 bits per heavy atom. The number of rotatable bonds is 12. The maximum absolute atomic E-state index is 12.2. The van der Waals surface area contributed by atoms with Gasteiger partial charge in [0.1, 0.15) is 5.15 Å². The van der Waals surface area contributed by atoms with Crippen LogP contribution in [0.2, 0.25) is 10.3 Å². The van der Waals surface area contributed by atoms with Crippen LogP contribution in [0.25, 0.3) is 11.1 Å². The Balaban J connectivity index is 1.32. The van der Waals surface area contributed by atoms with Gasteiger partial charge in [-0.05, 0) is 34.2 Å². The van der Waals surface area contributed by atoms with E-state index in [0.717, 1.165) is 33.4 Å². The third-order valence-corrected chi connectivity index (χ3v) is 8.30. The van der Waals surface area contributed by atoms with Crippen LogP contribution >= 0.6 is 23.2 Å². The van der Waals surface area contributed by atoms with Gasteiger partial charge in [-0.15, -0.1) is 0 Å². The summed E-state index contributed by atoms with van der Waals surface area (Å²) >= 11 is 12.4. The molecule has 2 heterocycles. The van der Waals surface area contributed by atoms with Crippen LogP contribution in [-0.4, -0.2) is 37.7 Å². The van der Waals surface area contributed by atoms with Crippen molar-refractivity contribution >= 4 is 35.1 Å². The predicted molar refractivity (Wildman–Crippen MR) is 166 cm³/mol. The third kappa shape index (κ3) is 8.05. The van der Waals surface area contributed by atoms with Crippen molar-refractivity contribution in [2.75, 3.05) is 0 Å². The molecule has 0 radical (unpaired) electrons. The van der Waals surface area contributed by atoms with Gasteiger partial charge in [0.15, 0.2) is 11.4 Å². The zero-order valence-corrected chi connectivity index (χ0v) is 25.4. The van der Waals surface area contributed by atoms with Crippen LogP contribution in [0.15, 0.2) is 79.1 Å². The predicted octanol–water partition coefficient (Wildman–Crippen LogP) is 6.47. The maximum Gasteiger partial charge on any atom is 0.303 e. The molecule has 3 aromatic carbocycles. The number of aromatic nitrogens is 2. The number of nitrogens with zero attached hydrogens (tertiary/aromatic N) is 2. The number of amides is 1. The Morgan fingerprint density at radius 1 is 0.955 bits per heavy atom. The van der Waals surface area contributed by atoms with Gasteiger partial charge in [-0.3, -0.25) is 9.59 Å².